The van der Waals surface area contributed by atoms with Gasteiger partial charge < -0.3 is 45.6 Å². The molecule has 244 valence electrons. The van der Waals surface area contributed by atoms with E-state index in [-0.39, 0.29) is 6.42 Å². The van der Waals surface area contributed by atoms with E-state index >= 15 is 0 Å². The molecule has 9 N–H and O–H groups in total. The molecule has 2 fully saturated rings. The van der Waals surface area contributed by atoms with Gasteiger partial charge in [-0.05, 0) is 30.7 Å². The molecule has 20 nitrogen and oxygen atoms in total. The Morgan fingerprint density at radius 2 is 1.81 bits per heavy atom. The summed E-state index contributed by atoms with van der Waals surface area (Å²) in [6.45, 7) is -0.997. The van der Waals surface area contributed by atoms with Gasteiger partial charge in [0.15, 0.2) is 12.5 Å². The molecule has 0 aliphatic carbocycles. The quantitative estimate of drug-likeness (QED) is 0.0645. The third kappa shape index (κ3) is 9.49. The molecule has 1 amide bonds. The number of nitrogens with zero attached hydrogens (tertiary/aromatic N) is 1. The second-order valence-corrected chi connectivity index (χ2v) is 12.1. The van der Waals surface area contributed by atoms with Crippen molar-refractivity contribution in [1.29, 1.82) is 0 Å². The van der Waals surface area contributed by atoms with Crippen molar-refractivity contribution >= 4 is 22.0 Å². The van der Waals surface area contributed by atoms with E-state index in [0.717, 1.165) is 16.8 Å². The summed E-state index contributed by atoms with van der Waals surface area (Å²) in [5.41, 5.74) is -1.67. The maximum absolute atomic E-state index is 12.6. The Balaban J connectivity index is 1.60. The van der Waals surface area contributed by atoms with Crippen LogP contribution in [0.25, 0.3) is 0 Å². The summed E-state index contributed by atoms with van der Waals surface area (Å²) in [4.78, 5) is 47.8. The third-order valence-corrected chi connectivity index (χ3v) is 8.70. The lowest BCUT2D eigenvalue weighted by molar-refractivity contribution is -0.247. The summed E-state index contributed by atoms with van der Waals surface area (Å²) < 4.78 is 50.5. The Labute approximate surface area is 244 Å². The van der Waals surface area contributed by atoms with Gasteiger partial charge in [0, 0.05) is 23.2 Å². The van der Waals surface area contributed by atoms with Gasteiger partial charge in [-0.15, -0.1) is 4.52 Å². The number of ether oxygens (including phenoxy) is 2. The first-order valence-corrected chi connectivity index (χ1v) is 15.6. The highest BCUT2D eigenvalue weighted by molar-refractivity contribution is 7.56. The zero-order valence-electron chi connectivity index (χ0n) is 22.7. The van der Waals surface area contributed by atoms with Crippen LogP contribution in [-0.2, 0) is 36.8 Å². The second kappa shape index (κ2) is 15.8. The van der Waals surface area contributed by atoms with Crippen molar-refractivity contribution in [3.05, 3.63) is 33.1 Å². The van der Waals surface area contributed by atoms with Gasteiger partial charge in [-0.1, -0.05) is 0 Å². The Bertz CT molecular complexity index is 1260. The first-order valence-electron chi connectivity index (χ1n) is 13.0. The van der Waals surface area contributed by atoms with Crippen molar-refractivity contribution in [1.82, 2.24) is 20.2 Å². The number of unbranched alkanes of at least 4 members (excludes halogenated alkanes) is 1. The van der Waals surface area contributed by atoms with Crippen LogP contribution in [-0.4, -0.2) is 122 Å². The molecule has 3 rings (SSSR count). The molecule has 2 saturated heterocycles. The number of aromatic nitrogens is 2. The molecule has 3 heterocycles. The molecular formula is C21H35N4O16P2+. The van der Waals surface area contributed by atoms with E-state index in [1.54, 1.807) is 7.05 Å². The summed E-state index contributed by atoms with van der Waals surface area (Å²) >= 11 is 0. The van der Waals surface area contributed by atoms with Crippen molar-refractivity contribution in [3.63, 3.8) is 0 Å². The fourth-order valence-corrected chi connectivity index (χ4v) is 6.02. The number of amides is 1. The number of nitrogens with one attached hydrogen (secondary N) is 3. The number of rotatable bonds is 15. The van der Waals surface area contributed by atoms with E-state index < -0.39 is 102 Å². The highest BCUT2D eigenvalue weighted by atomic mass is 31.2. The summed E-state index contributed by atoms with van der Waals surface area (Å²) in [5.74, 6) is -0.616. The van der Waals surface area contributed by atoms with Gasteiger partial charge in [0.05, 0.1) is 6.61 Å². The highest BCUT2D eigenvalue weighted by Crippen LogP contribution is 2.54. The average molecular weight is 661 g/mol. The molecule has 22 heteroatoms. The van der Waals surface area contributed by atoms with E-state index in [0.29, 0.717) is 19.4 Å². The molecule has 0 spiro atoms. The van der Waals surface area contributed by atoms with Crippen LogP contribution in [0.2, 0.25) is 0 Å². The molecule has 0 bridgehead atoms. The number of hydrogen-bond acceptors (Lipinski definition) is 16. The van der Waals surface area contributed by atoms with Crippen LogP contribution in [0.15, 0.2) is 21.9 Å². The Hall–Kier alpha value is -2.00. The zero-order valence-corrected chi connectivity index (χ0v) is 24.5. The number of phosphoric acid groups is 1. The number of carbonyl (C=O) groups excluding carboxylic acids is 1. The summed E-state index contributed by atoms with van der Waals surface area (Å²) in [5, 5.41) is 55.9. The van der Waals surface area contributed by atoms with Crippen LogP contribution in [0.3, 0.4) is 0 Å². The maximum atomic E-state index is 12.6. The van der Waals surface area contributed by atoms with Gasteiger partial charge in [0.2, 0.25) is 5.91 Å². The van der Waals surface area contributed by atoms with E-state index in [1.807, 2.05) is 4.98 Å². The van der Waals surface area contributed by atoms with Gasteiger partial charge in [0.25, 0.3) is 5.56 Å². The molecule has 11 atom stereocenters. The lowest BCUT2D eigenvalue weighted by Crippen LogP contribution is -2.64. The summed E-state index contributed by atoms with van der Waals surface area (Å²) in [6.07, 6.45) is -11.2. The summed E-state index contributed by atoms with van der Waals surface area (Å²) in [6, 6.07) is -0.647. The molecule has 1 aromatic rings. The number of H-pyrrole nitrogens is 1. The van der Waals surface area contributed by atoms with Crippen LogP contribution >= 0.6 is 16.1 Å². The fourth-order valence-electron chi connectivity index (χ4n) is 4.29. The number of aliphatic hydroxyl groups excluding tert-OH is 5. The van der Waals surface area contributed by atoms with Gasteiger partial charge in [-0.25, -0.2) is 9.36 Å². The normalized spacial score (nSPS) is 32.7. The second-order valence-electron chi connectivity index (χ2n) is 9.60. The number of aliphatic hydroxyl groups is 5. The molecule has 2 aliphatic heterocycles. The minimum Gasteiger partial charge on any atom is -0.394 e. The smallest absolute Gasteiger partial charge is 0.394 e. The topological polar surface area (TPSA) is 298 Å². The molecule has 0 aromatic carbocycles. The van der Waals surface area contributed by atoms with E-state index in [2.05, 4.69) is 14.9 Å². The minimum atomic E-state index is -5.37. The Kier molecular flexibility index (Phi) is 13.1. The van der Waals surface area contributed by atoms with E-state index in [9.17, 15) is 53.9 Å². The minimum absolute atomic E-state index is 0.00832. The lowest BCUT2D eigenvalue weighted by Gasteiger charge is -2.41. The summed E-state index contributed by atoms with van der Waals surface area (Å²) in [7, 11) is -7.13. The van der Waals surface area contributed by atoms with Crippen LogP contribution in [0.4, 0.5) is 0 Å². The van der Waals surface area contributed by atoms with Gasteiger partial charge >= 0.3 is 21.8 Å². The number of carbonyl (C=O) groups is 1. The average Bonchev–Trinajstić information content (AvgIpc) is 3.22. The monoisotopic (exact) mass is 661 g/mol. The van der Waals surface area contributed by atoms with Crippen molar-refractivity contribution < 1.29 is 67.2 Å². The van der Waals surface area contributed by atoms with Crippen LogP contribution < -0.4 is 21.9 Å². The van der Waals surface area contributed by atoms with E-state index in [1.165, 1.54) is 0 Å². The van der Waals surface area contributed by atoms with Crippen molar-refractivity contribution in [2.75, 3.05) is 26.8 Å². The van der Waals surface area contributed by atoms with Crippen LogP contribution in [0.5, 0.6) is 0 Å². The highest BCUT2D eigenvalue weighted by Gasteiger charge is 2.51. The SMILES string of the molecule is CNCCCCC(=O)NC1[C@@H](OP(=O)(O)O[P+](=O)OCC2OC(n3ccc(=O)[nH]c3=O)C(O)C2O)OC(CO)[C@H](O)[C@@H]1O. The third-order valence-electron chi connectivity index (χ3n) is 6.50. The fraction of sp³-hybridized carbons (Fsp3) is 0.762. The molecule has 2 aliphatic rings. The Morgan fingerprint density at radius 1 is 1.12 bits per heavy atom. The predicted octanol–water partition coefficient (Wildman–Crippen LogP) is -3.72. The number of hydrogen-bond donors (Lipinski definition) is 9. The molecule has 1 aromatic heterocycles. The van der Waals surface area contributed by atoms with Gasteiger partial charge in [-0.2, -0.15) is 0 Å². The lowest BCUT2D eigenvalue weighted by atomic mass is 9.97. The molecule has 0 saturated carbocycles. The molecule has 0 radical (unpaired) electrons. The van der Waals surface area contributed by atoms with E-state index in [4.69, 9.17) is 18.5 Å². The van der Waals surface area contributed by atoms with Crippen LogP contribution in [0, 0.1) is 0 Å². The molecule has 43 heavy (non-hydrogen) atoms. The molecular weight excluding hydrogens is 626 g/mol. The zero-order chi connectivity index (χ0) is 31.9. The number of aromatic amines is 1. The van der Waals surface area contributed by atoms with Crippen molar-refractivity contribution in [2.24, 2.45) is 0 Å². The first-order chi connectivity index (χ1) is 20.3. The first kappa shape index (κ1) is 35.5. The number of phosphoric ester groups is 1. The maximum Gasteiger partial charge on any atom is 0.708 e. The molecule has 8 unspecified atom stereocenters. The largest absolute Gasteiger partial charge is 0.708 e. The standard InChI is InChI=1S/C21H34N4O16P2/c1-22-6-3-2-4-12(27)23-14-17(31)15(29)10(8-26)39-20(14)40-43(35,36)41-42(34)37-9-11-16(30)18(32)19(38-11)25-7-5-13(28)24-21(25)33/h5,7,10-11,14-20,22,26,29-32H,2-4,6,8-9H2,1H3,(H2-,23,24,27,28,33,35,36)/p+1/t10?,11?,14?,15-,16?,17+,18?,19?,20+/m0/s1. The van der Waals surface area contributed by atoms with Crippen molar-refractivity contribution in [2.45, 2.75) is 74.4 Å². The van der Waals surface area contributed by atoms with Crippen LogP contribution in [0.1, 0.15) is 25.5 Å². The van der Waals surface area contributed by atoms with Gasteiger partial charge in [0.1, 0.15) is 49.3 Å². The Morgan fingerprint density at radius 3 is 2.47 bits per heavy atom. The predicted molar refractivity (Wildman–Crippen MR) is 140 cm³/mol. The van der Waals surface area contributed by atoms with Crippen molar-refractivity contribution in [3.8, 4) is 0 Å². The van der Waals surface area contributed by atoms with Gasteiger partial charge in [-0.3, -0.25) is 28.6 Å².